The minimum atomic E-state index is -0.156. The molecule has 0 unspecified atom stereocenters. The number of para-hydroxylation sites is 1. The zero-order chi connectivity index (χ0) is 22.8. The van der Waals surface area contributed by atoms with Crippen LogP contribution in [0.4, 0.5) is 0 Å². The third-order valence-corrected chi connectivity index (χ3v) is 6.37. The summed E-state index contributed by atoms with van der Waals surface area (Å²) in [5.41, 5.74) is 1.58. The van der Waals surface area contributed by atoms with Crippen LogP contribution in [0.3, 0.4) is 0 Å². The lowest BCUT2D eigenvalue weighted by Gasteiger charge is -2.29. The number of rotatable bonds is 6. The normalized spacial score (nSPS) is 17.6. The van der Waals surface area contributed by atoms with Crippen molar-refractivity contribution >= 4 is 16.8 Å². The average Bonchev–Trinajstić information content (AvgIpc) is 3.33. The van der Waals surface area contributed by atoms with Crippen LogP contribution in [0, 0.1) is 0 Å². The molecular weight excluding hydrogens is 420 g/mol. The Hall–Kier alpha value is -3.39. The second-order valence-electron chi connectivity index (χ2n) is 8.48. The number of H-pyrrole nitrogens is 1. The summed E-state index contributed by atoms with van der Waals surface area (Å²) < 4.78 is 11.4. The molecule has 0 saturated carbocycles. The van der Waals surface area contributed by atoms with Crippen molar-refractivity contribution in [2.45, 2.75) is 32.4 Å². The second-order valence-corrected chi connectivity index (χ2v) is 8.48. The van der Waals surface area contributed by atoms with Gasteiger partial charge in [0.15, 0.2) is 11.5 Å². The van der Waals surface area contributed by atoms with Crippen LogP contribution in [0.1, 0.15) is 37.2 Å². The van der Waals surface area contributed by atoms with E-state index >= 15 is 0 Å². The molecule has 1 atom stereocenters. The molecule has 5 rings (SSSR count). The topological polar surface area (TPSA) is 87.8 Å². The van der Waals surface area contributed by atoms with Crippen molar-refractivity contribution in [3.63, 3.8) is 0 Å². The van der Waals surface area contributed by atoms with Gasteiger partial charge in [0, 0.05) is 6.54 Å². The fourth-order valence-electron chi connectivity index (χ4n) is 4.66. The Kier molecular flexibility index (Phi) is 6.00. The molecule has 8 heteroatoms. The van der Waals surface area contributed by atoms with Gasteiger partial charge in [0.1, 0.15) is 19.0 Å². The maximum atomic E-state index is 13.3. The molecule has 3 aromatic rings. The van der Waals surface area contributed by atoms with E-state index in [0.29, 0.717) is 43.0 Å². The molecular formula is C25H28N4O4. The first-order valence-electron chi connectivity index (χ1n) is 11.5. The Balaban J connectivity index is 1.30. The minimum Gasteiger partial charge on any atom is -0.486 e. The number of carbonyl (C=O) groups is 1. The number of likely N-dealkylation sites (tertiary alicyclic amines) is 1. The Morgan fingerprint density at radius 2 is 2.00 bits per heavy atom. The van der Waals surface area contributed by atoms with Crippen molar-refractivity contribution in [1.29, 1.82) is 0 Å². The number of aromatic amines is 1. The third-order valence-electron chi connectivity index (χ3n) is 6.37. The van der Waals surface area contributed by atoms with Crippen LogP contribution in [-0.2, 0) is 11.3 Å². The van der Waals surface area contributed by atoms with Crippen LogP contribution in [0.25, 0.3) is 10.9 Å². The van der Waals surface area contributed by atoms with Gasteiger partial charge in [-0.15, -0.1) is 0 Å². The van der Waals surface area contributed by atoms with Crippen molar-refractivity contribution in [2.24, 2.45) is 0 Å². The van der Waals surface area contributed by atoms with Crippen molar-refractivity contribution in [3.05, 3.63) is 64.2 Å². The fraction of sp³-hybridized carbons (Fsp3) is 0.400. The number of likely N-dealkylation sites (N-methyl/N-ethyl adjacent to an activating group) is 1. The molecule has 1 amide bonds. The molecule has 0 bridgehead atoms. The highest BCUT2D eigenvalue weighted by atomic mass is 16.6. The molecule has 2 aromatic carbocycles. The SMILES string of the molecule is CCN(CC(=O)N1CCC[C@@H]1c1ccc2c(c1)OCCO2)Cc1nc2ccccc2c(=O)[nH]1. The molecule has 172 valence electrons. The van der Waals surface area contributed by atoms with E-state index in [-0.39, 0.29) is 24.1 Å². The van der Waals surface area contributed by atoms with Crippen LogP contribution >= 0.6 is 0 Å². The first-order chi connectivity index (χ1) is 16.1. The van der Waals surface area contributed by atoms with E-state index in [1.807, 2.05) is 53.1 Å². The number of nitrogens with zero attached hydrogens (tertiary/aromatic N) is 3. The minimum absolute atomic E-state index is 0.0330. The van der Waals surface area contributed by atoms with Crippen LogP contribution < -0.4 is 15.0 Å². The summed E-state index contributed by atoms with van der Waals surface area (Å²) in [4.78, 5) is 37.1. The molecule has 3 heterocycles. The summed E-state index contributed by atoms with van der Waals surface area (Å²) >= 11 is 0. The van der Waals surface area contributed by atoms with Gasteiger partial charge >= 0.3 is 0 Å². The Morgan fingerprint density at radius 1 is 1.18 bits per heavy atom. The second kappa shape index (κ2) is 9.23. The van der Waals surface area contributed by atoms with Gasteiger partial charge in [-0.1, -0.05) is 25.1 Å². The lowest BCUT2D eigenvalue weighted by Crippen LogP contribution is -2.40. The van der Waals surface area contributed by atoms with E-state index < -0.39 is 0 Å². The molecule has 1 aromatic heterocycles. The lowest BCUT2D eigenvalue weighted by atomic mass is 10.0. The number of benzene rings is 2. The van der Waals surface area contributed by atoms with Crippen molar-refractivity contribution in [1.82, 2.24) is 19.8 Å². The molecule has 0 aliphatic carbocycles. The first-order valence-corrected chi connectivity index (χ1v) is 11.5. The summed E-state index contributed by atoms with van der Waals surface area (Å²) in [7, 11) is 0. The molecule has 33 heavy (non-hydrogen) atoms. The zero-order valence-electron chi connectivity index (χ0n) is 18.8. The lowest BCUT2D eigenvalue weighted by molar-refractivity contribution is -0.133. The van der Waals surface area contributed by atoms with Gasteiger partial charge in [0.2, 0.25) is 5.91 Å². The van der Waals surface area contributed by atoms with E-state index in [2.05, 4.69) is 9.97 Å². The maximum Gasteiger partial charge on any atom is 0.258 e. The summed E-state index contributed by atoms with van der Waals surface area (Å²) in [5.74, 6) is 2.16. The monoisotopic (exact) mass is 448 g/mol. The van der Waals surface area contributed by atoms with Gasteiger partial charge < -0.3 is 19.4 Å². The van der Waals surface area contributed by atoms with E-state index in [1.165, 1.54) is 0 Å². The molecule has 2 aliphatic rings. The number of nitrogens with one attached hydrogen (secondary N) is 1. The van der Waals surface area contributed by atoms with Gasteiger partial charge in [-0.2, -0.15) is 0 Å². The summed E-state index contributed by atoms with van der Waals surface area (Å²) in [5, 5.41) is 0.569. The highest BCUT2D eigenvalue weighted by molar-refractivity contribution is 5.79. The number of hydrogen-bond acceptors (Lipinski definition) is 6. The quantitative estimate of drug-likeness (QED) is 0.624. The van der Waals surface area contributed by atoms with E-state index in [0.717, 1.165) is 36.4 Å². The summed E-state index contributed by atoms with van der Waals surface area (Å²) in [6, 6.07) is 13.3. The largest absolute Gasteiger partial charge is 0.486 e. The van der Waals surface area contributed by atoms with Gasteiger partial charge in [-0.3, -0.25) is 14.5 Å². The average molecular weight is 449 g/mol. The number of amides is 1. The fourth-order valence-corrected chi connectivity index (χ4v) is 4.66. The predicted molar refractivity (Wildman–Crippen MR) is 124 cm³/mol. The first kappa shape index (κ1) is 21.5. The molecule has 0 radical (unpaired) electrons. The number of carbonyl (C=O) groups excluding carboxylic acids is 1. The van der Waals surface area contributed by atoms with Gasteiger partial charge in [-0.25, -0.2) is 4.98 Å². The highest BCUT2D eigenvalue weighted by Gasteiger charge is 2.31. The van der Waals surface area contributed by atoms with Crippen LogP contribution in [0.2, 0.25) is 0 Å². The molecule has 1 N–H and O–H groups in total. The van der Waals surface area contributed by atoms with Gasteiger partial charge in [-0.05, 0) is 49.2 Å². The van der Waals surface area contributed by atoms with E-state index in [4.69, 9.17) is 9.47 Å². The number of ether oxygens (including phenoxy) is 2. The molecule has 8 nitrogen and oxygen atoms in total. The number of aromatic nitrogens is 2. The van der Waals surface area contributed by atoms with Gasteiger partial charge in [0.05, 0.1) is 30.0 Å². The van der Waals surface area contributed by atoms with Crippen molar-refractivity contribution in [3.8, 4) is 11.5 Å². The highest BCUT2D eigenvalue weighted by Crippen LogP contribution is 2.38. The Labute approximate surface area is 192 Å². The molecule has 2 aliphatic heterocycles. The number of fused-ring (bicyclic) bond motifs is 2. The molecule has 0 spiro atoms. The zero-order valence-corrected chi connectivity index (χ0v) is 18.8. The van der Waals surface area contributed by atoms with Crippen LogP contribution in [0.5, 0.6) is 11.5 Å². The smallest absolute Gasteiger partial charge is 0.258 e. The van der Waals surface area contributed by atoms with Crippen molar-refractivity contribution < 1.29 is 14.3 Å². The van der Waals surface area contributed by atoms with E-state index in [1.54, 1.807) is 6.07 Å². The Bertz CT molecular complexity index is 1220. The standard InChI is InChI=1S/C25H28N4O4/c1-2-28(15-23-26-19-7-4-3-6-18(19)25(31)27-23)16-24(30)29-11-5-8-20(29)17-9-10-21-22(14-17)33-13-12-32-21/h3-4,6-7,9-10,14,20H,2,5,8,11-13,15-16H2,1H3,(H,26,27,31)/t20-/m1/s1. The predicted octanol–water partition coefficient (Wildman–Crippen LogP) is 2.88. The maximum absolute atomic E-state index is 13.3. The van der Waals surface area contributed by atoms with Gasteiger partial charge in [0.25, 0.3) is 5.56 Å². The van der Waals surface area contributed by atoms with Crippen LogP contribution in [-0.4, -0.2) is 58.5 Å². The van der Waals surface area contributed by atoms with Crippen molar-refractivity contribution in [2.75, 3.05) is 32.8 Å². The molecule has 1 fully saturated rings. The Morgan fingerprint density at radius 3 is 2.85 bits per heavy atom. The summed E-state index contributed by atoms with van der Waals surface area (Å²) in [6.07, 6.45) is 1.90. The van der Waals surface area contributed by atoms with E-state index in [9.17, 15) is 9.59 Å². The molecule has 1 saturated heterocycles. The summed E-state index contributed by atoms with van der Waals surface area (Å²) in [6.45, 7) is 5.20. The third kappa shape index (κ3) is 4.43. The van der Waals surface area contributed by atoms with Crippen LogP contribution in [0.15, 0.2) is 47.3 Å². The number of hydrogen-bond donors (Lipinski definition) is 1.